The molecule has 1 heteroatoms. The van der Waals surface area contributed by atoms with Crippen LogP contribution in [0.5, 0.6) is 0 Å². The number of rotatable bonds is 5. The van der Waals surface area contributed by atoms with Crippen molar-refractivity contribution in [1.82, 2.24) is 0 Å². The topological polar surface area (TPSA) is 3.24 Å². The quantitative estimate of drug-likeness (QED) is 0.220. The zero-order valence-corrected chi connectivity index (χ0v) is 30.4. The summed E-state index contributed by atoms with van der Waals surface area (Å²) in [5, 5.41) is 0. The summed E-state index contributed by atoms with van der Waals surface area (Å²) in [6.07, 6.45) is 2.42. The lowest BCUT2D eigenvalue weighted by atomic mass is 9.63. The van der Waals surface area contributed by atoms with Gasteiger partial charge in [-0.3, -0.25) is 0 Å². The van der Waals surface area contributed by atoms with Gasteiger partial charge in [0.1, 0.15) is 0 Å². The Balaban J connectivity index is 1.78. The van der Waals surface area contributed by atoms with Gasteiger partial charge < -0.3 is 4.90 Å². The highest BCUT2D eigenvalue weighted by Crippen LogP contribution is 2.49. The second-order valence-electron chi connectivity index (χ2n) is 17.4. The van der Waals surface area contributed by atoms with E-state index in [2.05, 4.69) is 174 Å². The summed E-state index contributed by atoms with van der Waals surface area (Å²) in [5.41, 5.74) is 15.0. The SMILES string of the molecule is Cc1cc(C)cc(N(c2ccc3c(c2)C(C)(C)CCC3(C)C)c2ccc(C(C)(C)C)cc2-c2ccc(C(C)C(C)(C)C)cc2)c1. The molecule has 0 fully saturated rings. The Labute approximate surface area is 275 Å². The molecule has 0 radical (unpaired) electrons. The van der Waals surface area contributed by atoms with Crippen LogP contribution in [0.25, 0.3) is 11.1 Å². The first-order chi connectivity index (χ1) is 20.8. The maximum absolute atomic E-state index is 2.52. The molecule has 0 N–H and O–H groups in total. The average molecular weight is 600 g/mol. The fraction of sp³-hybridized carbons (Fsp3) is 0.455. The standard InChI is InChI=1S/C44H57N/c1-29-24-30(2)26-36(25-29)45(35-19-20-38-39(28-35)44(12,13)23-22-43(38,10)11)40-21-18-34(42(7,8)9)27-37(40)33-16-14-32(15-17-33)31(3)41(4,5)6/h14-21,24-28,31H,22-23H2,1-13H3. The molecule has 45 heavy (non-hydrogen) atoms. The van der Waals surface area contributed by atoms with Crippen LogP contribution in [0.4, 0.5) is 17.1 Å². The van der Waals surface area contributed by atoms with Crippen molar-refractivity contribution in [2.24, 2.45) is 5.41 Å². The Morgan fingerprint density at radius 3 is 1.76 bits per heavy atom. The van der Waals surface area contributed by atoms with Crippen molar-refractivity contribution >= 4 is 17.1 Å². The largest absolute Gasteiger partial charge is 0.310 e. The van der Waals surface area contributed by atoms with Gasteiger partial charge in [0, 0.05) is 16.9 Å². The molecule has 1 atom stereocenters. The third-order valence-corrected chi connectivity index (χ3v) is 10.7. The third kappa shape index (κ3) is 6.65. The molecule has 1 aliphatic carbocycles. The van der Waals surface area contributed by atoms with Crippen molar-refractivity contribution in [2.75, 3.05) is 4.90 Å². The van der Waals surface area contributed by atoms with Crippen LogP contribution in [0, 0.1) is 19.3 Å². The molecular weight excluding hydrogens is 542 g/mol. The molecule has 0 aromatic heterocycles. The first-order valence-corrected chi connectivity index (χ1v) is 17.1. The fourth-order valence-electron chi connectivity index (χ4n) is 7.10. The van der Waals surface area contributed by atoms with E-state index in [0.717, 1.165) is 0 Å². The summed E-state index contributed by atoms with van der Waals surface area (Å²) in [7, 11) is 0. The number of benzene rings is 4. The lowest BCUT2D eigenvalue weighted by molar-refractivity contribution is 0.332. The Morgan fingerprint density at radius 1 is 0.622 bits per heavy atom. The first kappa shape index (κ1) is 33.1. The van der Waals surface area contributed by atoms with Crippen molar-refractivity contribution in [2.45, 2.75) is 125 Å². The van der Waals surface area contributed by atoms with E-state index in [-0.39, 0.29) is 21.7 Å². The van der Waals surface area contributed by atoms with Crippen molar-refractivity contribution in [3.05, 3.63) is 112 Å². The second kappa shape index (κ2) is 11.5. The second-order valence-corrected chi connectivity index (χ2v) is 17.4. The Morgan fingerprint density at radius 2 is 1.20 bits per heavy atom. The molecular formula is C44H57N. The molecule has 0 bridgehead atoms. The van der Waals surface area contributed by atoms with Crippen LogP contribution in [0.2, 0.25) is 0 Å². The minimum atomic E-state index is 0.0418. The highest BCUT2D eigenvalue weighted by molar-refractivity contribution is 5.89. The fourth-order valence-corrected chi connectivity index (χ4v) is 7.10. The molecule has 4 aromatic carbocycles. The predicted molar refractivity (Wildman–Crippen MR) is 198 cm³/mol. The maximum atomic E-state index is 2.52. The number of aryl methyl sites for hydroxylation is 2. The molecule has 1 unspecified atom stereocenters. The molecule has 1 nitrogen and oxygen atoms in total. The van der Waals surface area contributed by atoms with Crippen LogP contribution >= 0.6 is 0 Å². The Hall–Kier alpha value is -3.32. The average Bonchev–Trinajstić information content (AvgIpc) is 2.94. The molecule has 0 saturated heterocycles. The molecule has 0 heterocycles. The van der Waals surface area contributed by atoms with Gasteiger partial charge in [0.2, 0.25) is 0 Å². The summed E-state index contributed by atoms with van der Waals surface area (Å²) in [5.74, 6) is 0.474. The van der Waals surface area contributed by atoms with Gasteiger partial charge in [0.25, 0.3) is 0 Å². The molecule has 0 saturated carbocycles. The molecule has 5 rings (SSSR count). The zero-order chi connectivity index (χ0) is 33.1. The number of hydrogen-bond donors (Lipinski definition) is 0. The monoisotopic (exact) mass is 599 g/mol. The van der Waals surface area contributed by atoms with Crippen LogP contribution in [-0.4, -0.2) is 0 Å². The van der Waals surface area contributed by atoms with E-state index in [1.807, 2.05) is 0 Å². The lowest BCUT2D eigenvalue weighted by Crippen LogP contribution is -2.34. The van der Waals surface area contributed by atoms with E-state index in [9.17, 15) is 0 Å². The van der Waals surface area contributed by atoms with E-state index in [1.54, 1.807) is 0 Å². The molecule has 0 spiro atoms. The van der Waals surface area contributed by atoms with Crippen LogP contribution in [-0.2, 0) is 16.2 Å². The van der Waals surface area contributed by atoms with Crippen LogP contribution in [0.3, 0.4) is 0 Å². The molecule has 0 amide bonds. The number of hydrogen-bond acceptors (Lipinski definition) is 1. The van der Waals surface area contributed by atoms with E-state index in [1.165, 1.54) is 74.4 Å². The van der Waals surface area contributed by atoms with E-state index in [4.69, 9.17) is 0 Å². The van der Waals surface area contributed by atoms with Gasteiger partial charge in [-0.15, -0.1) is 0 Å². The summed E-state index contributed by atoms with van der Waals surface area (Å²) in [4.78, 5) is 2.52. The predicted octanol–water partition coefficient (Wildman–Crippen LogP) is 13.2. The van der Waals surface area contributed by atoms with Crippen LogP contribution in [0.1, 0.15) is 128 Å². The summed E-state index contributed by atoms with van der Waals surface area (Å²) in [6.45, 7) is 30.4. The van der Waals surface area contributed by atoms with Gasteiger partial charge in [-0.1, -0.05) is 119 Å². The highest BCUT2D eigenvalue weighted by Gasteiger charge is 2.37. The minimum absolute atomic E-state index is 0.0418. The first-order valence-electron chi connectivity index (χ1n) is 17.1. The molecule has 0 aliphatic heterocycles. The van der Waals surface area contributed by atoms with Crippen molar-refractivity contribution in [3.63, 3.8) is 0 Å². The number of nitrogens with zero attached hydrogens (tertiary/aromatic N) is 1. The van der Waals surface area contributed by atoms with Gasteiger partial charge in [0.15, 0.2) is 0 Å². The van der Waals surface area contributed by atoms with E-state index < -0.39 is 0 Å². The number of anilines is 3. The van der Waals surface area contributed by atoms with Gasteiger partial charge in [0.05, 0.1) is 5.69 Å². The summed E-state index contributed by atoms with van der Waals surface area (Å²) in [6, 6.07) is 30.8. The molecule has 4 aromatic rings. The molecule has 1 aliphatic rings. The summed E-state index contributed by atoms with van der Waals surface area (Å²) >= 11 is 0. The normalized spacial score (nSPS) is 16.6. The Kier molecular flexibility index (Phi) is 8.44. The van der Waals surface area contributed by atoms with Gasteiger partial charge in [-0.05, 0) is 130 Å². The van der Waals surface area contributed by atoms with Crippen LogP contribution in [0.15, 0.2) is 78.9 Å². The summed E-state index contributed by atoms with van der Waals surface area (Å²) < 4.78 is 0. The smallest absolute Gasteiger partial charge is 0.0540 e. The zero-order valence-electron chi connectivity index (χ0n) is 30.4. The van der Waals surface area contributed by atoms with E-state index in [0.29, 0.717) is 5.92 Å². The number of fused-ring (bicyclic) bond motifs is 1. The third-order valence-electron chi connectivity index (χ3n) is 10.7. The van der Waals surface area contributed by atoms with Gasteiger partial charge in [-0.25, -0.2) is 0 Å². The van der Waals surface area contributed by atoms with Crippen molar-refractivity contribution in [3.8, 4) is 11.1 Å². The van der Waals surface area contributed by atoms with E-state index >= 15 is 0 Å². The lowest BCUT2D eigenvalue weighted by Gasteiger charge is -2.42. The van der Waals surface area contributed by atoms with Crippen molar-refractivity contribution < 1.29 is 0 Å². The maximum Gasteiger partial charge on any atom is 0.0540 e. The van der Waals surface area contributed by atoms with Gasteiger partial charge in [-0.2, -0.15) is 0 Å². The van der Waals surface area contributed by atoms with Crippen LogP contribution < -0.4 is 4.90 Å². The van der Waals surface area contributed by atoms with Crippen molar-refractivity contribution in [1.29, 1.82) is 0 Å². The highest BCUT2D eigenvalue weighted by atomic mass is 15.1. The molecule has 238 valence electrons. The van der Waals surface area contributed by atoms with Gasteiger partial charge >= 0.3 is 0 Å². The minimum Gasteiger partial charge on any atom is -0.310 e. The Bertz CT molecular complexity index is 1660.